The molecule has 2 radical (unpaired) electrons. The number of hydrogen-bond donors (Lipinski definition) is 1. The van der Waals surface area contributed by atoms with Gasteiger partial charge in [-0.25, -0.2) is 0 Å². The van der Waals surface area contributed by atoms with Gasteiger partial charge in [-0.1, -0.05) is 18.2 Å². The van der Waals surface area contributed by atoms with Crippen molar-refractivity contribution in [2.45, 2.75) is 13.2 Å². The van der Waals surface area contributed by atoms with Crippen LogP contribution in [-0.2, 0) is 0 Å². The zero-order chi connectivity index (χ0) is 8.10. The van der Waals surface area contributed by atoms with Gasteiger partial charge >= 0.3 is 0 Å². The van der Waals surface area contributed by atoms with Crippen molar-refractivity contribution in [2.75, 3.05) is 0 Å². The fraction of sp³-hybridized carbons (Fsp3) is 0.250. The summed E-state index contributed by atoms with van der Waals surface area (Å²) in [5.74, 6) is 0.818. The van der Waals surface area contributed by atoms with Crippen LogP contribution in [0.2, 0.25) is 0 Å². The van der Waals surface area contributed by atoms with Crippen LogP contribution in [0, 0.1) is 0 Å². The van der Waals surface area contributed by atoms with Gasteiger partial charge in [0.1, 0.15) is 12.0 Å². The second-order valence-electron chi connectivity index (χ2n) is 2.24. The number of ether oxygens (including phenoxy) is 1. The fourth-order valence-corrected chi connectivity index (χ4v) is 0.737. The molecule has 0 spiro atoms. The van der Waals surface area contributed by atoms with Crippen molar-refractivity contribution in [2.24, 2.45) is 0 Å². The molecule has 0 amide bonds. The summed E-state index contributed by atoms with van der Waals surface area (Å²) >= 11 is 0. The molecule has 1 atom stereocenters. The van der Waals surface area contributed by atoms with Gasteiger partial charge in [-0.05, 0) is 19.1 Å². The summed E-state index contributed by atoms with van der Waals surface area (Å²) in [7, 11) is 5.14. The Morgan fingerprint density at radius 3 is 2.55 bits per heavy atom. The lowest BCUT2D eigenvalue weighted by Crippen LogP contribution is -2.28. The number of rotatable bonds is 3. The fourth-order valence-electron chi connectivity index (χ4n) is 0.737. The Bertz CT molecular complexity index is 203. The average molecular weight is 147 g/mol. The molecule has 0 saturated carbocycles. The van der Waals surface area contributed by atoms with Crippen LogP contribution in [-0.4, -0.2) is 14.2 Å². The van der Waals surface area contributed by atoms with E-state index in [-0.39, 0.29) is 6.23 Å². The zero-order valence-electron chi connectivity index (χ0n) is 6.45. The molecule has 0 fully saturated rings. The summed E-state index contributed by atoms with van der Waals surface area (Å²) in [5, 5.41) is 2.49. The normalized spacial score (nSPS) is 12.5. The van der Waals surface area contributed by atoms with E-state index in [1.807, 2.05) is 37.3 Å². The van der Waals surface area contributed by atoms with Crippen LogP contribution in [0.1, 0.15) is 6.92 Å². The molecule has 0 heterocycles. The second kappa shape index (κ2) is 4.03. The molecule has 1 rings (SSSR count). The number of para-hydroxylation sites is 1. The number of benzene rings is 1. The van der Waals surface area contributed by atoms with Crippen LogP contribution in [0.5, 0.6) is 5.75 Å². The van der Waals surface area contributed by atoms with Gasteiger partial charge in [-0.2, -0.15) is 0 Å². The van der Waals surface area contributed by atoms with E-state index < -0.39 is 0 Å². The van der Waals surface area contributed by atoms with Gasteiger partial charge in [0, 0.05) is 0 Å². The van der Waals surface area contributed by atoms with E-state index in [2.05, 4.69) is 5.23 Å². The predicted molar refractivity (Wildman–Crippen MR) is 45.4 cm³/mol. The van der Waals surface area contributed by atoms with Crippen molar-refractivity contribution in [1.29, 1.82) is 0 Å². The first-order valence-electron chi connectivity index (χ1n) is 3.51. The van der Waals surface area contributed by atoms with Crippen molar-refractivity contribution in [1.82, 2.24) is 5.23 Å². The quantitative estimate of drug-likeness (QED) is 0.510. The molecule has 0 aliphatic carbocycles. The van der Waals surface area contributed by atoms with E-state index in [0.29, 0.717) is 0 Å². The van der Waals surface area contributed by atoms with Gasteiger partial charge in [0.15, 0.2) is 7.98 Å². The largest absolute Gasteiger partial charge is 0.477 e. The highest BCUT2D eigenvalue weighted by atomic mass is 16.5. The minimum absolute atomic E-state index is 0.155. The Balaban J connectivity index is 2.51. The summed E-state index contributed by atoms with van der Waals surface area (Å²) in [6.07, 6.45) is -0.155. The van der Waals surface area contributed by atoms with Gasteiger partial charge in [0.2, 0.25) is 0 Å². The first-order valence-corrected chi connectivity index (χ1v) is 3.51. The van der Waals surface area contributed by atoms with Crippen LogP contribution in [0.25, 0.3) is 0 Å². The lowest BCUT2D eigenvalue weighted by Gasteiger charge is -2.12. The third-order valence-corrected chi connectivity index (χ3v) is 1.29. The molecule has 1 aromatic carbocycles. The van der Waals surface area contributed by atoms with E-state index in [1.54, 1.807) is 0 Å². The minimum Gasteiger partial charge on any atom is -0.477 e. The standard InChI is InChI=1S/C8H10BNO/c1-7(10-9)11-8-5-3-2-4-6-8/h2-7,10H,1H3. The van der Waals surface area contributed by atoms with Gasteiger partial charge in [-0.3, -0.25) is 0 Å². The molecular formula is C8H10BNO. The first-order chi connectivity index (χ1) is 5.33. The molecule has 0 bridgehead atoms. The highest BCUT2D eigenvalue weighted by Gasteiger charge is 1.96. The summed E-state index contributed by atoms with van der Waals surface area (Å²) in [6.45, 7) is 1.84. The van der Waals surface area contributed by atoms with Crippen LogP contribution in [0.15, 0.2) is 30.3 Å². The van der Waals surface area contributed by atoms with Gasteiger partial charge in [0.05, 0.1) is 0 Å². The third-order valence-electron chi connectivity index (χ3n) is 1.29. The Morgan fingerprint density at radius 1 is 1.36 bits per heavy atom. The van der Waals surface area contributed by atoms with Crippen molar-refractivity contribution < 1.29 is 4.74 Å². The predicted octanol–water partition coefficient (Wildman–Crippen LogP) is 1.08. The molecule has 56 valence electrons. The van der Waals surface area contributed by atoms with Crippen LogP contribution >= 0.6 is 0 Å². The molecule has 1 unspecified atom stereocenters. The van der Waals surface area contributed by atoms with Crippen molar-refractivity contribution in [3.63, 3.8) is 0 Å². The van der Waals surface area contributed by atoms with E-state index >= 15 is 0 Å². The molecule has 0 saturated heterocycles. The topological polar surface area (TPSA) is 21.3 Å². The lowest BCUT2D eigenvalue weighted by molar-refractivity contribution is 0.212. The summed E-state index contributed by atoms with van der Waals surface area (Å²) in [5.41, 5.74) is 0. The highest BCUT2D eigenvalue weighted by Crippen LogP contribution is 2.08. The van der Waals surface area contributed by atoms with E-state index in [4.69, 9.17) is 12.7 Å². The van der Waals surface area contributed by atoms with E-state index in [9.17, 15) is 0 Å². The molecule has 0 aliphatic rings. The zero-order valence-corrected chi connectivity index (χ0v) is 6.45. The van der Waals surface area contributed by atoms with Crippen LogP contribution in [0.3, 0.4) is 0 Å². The Labute approximate surface area is 68.0 Å². The van der Waals surface area contributed by atoms with Gasteiger partial charge in [0.25, 0.3) is 0 Å². The van der Waals surface area contributed by atoms with Gasteiger partial charge in [-0.15, -0.1) is 0 Å². The van der Waals surface area contributed by atoms with Crippen molar-refractivity contribution >= 4 is 7.98 Å². The highest BCUT2D eigenvalue weighted by molar-refractivity contribution is 6.04. The van der Waals surface area contributed by atoms with E-state index in [0.717, 1.165) is 5.75 Å². The summed E-state index contributed by atoms with van der Waals surface area (Å²) in [4.78, 5) is 0. The third kappa shape index (κ3) is 2.64. The van der Waals surface area contributed by atoms with Gasteiger partial charge < -0.3 is 9.96 Å². The van der Waals surface area contributed by atoms with Crippen LogP contribution < -0.4 is 9.96 Å². The van der Waals surface area contributed by atoms with Crippen LogP contribution in [0.4, 0.5) is 0 Å². The maximum absolute atomic E-state index is 5.33. The Kier molecular flexibility index (Phi) is 2.99. The Morgan fingerprint density at radius 2 is 2.00 bits per heavy atom. The monoisotopic (exact) mass is 147 g/mol. The van der Waals surface area contributed by atoms with Crippen molar-refractivity contribution in [3.8, 4) is 5.75 Å². The molecule has 1 aromatic rings. The average Bonchev–Trinajstić information content (AvgIpc) is 2.06. The Hall–Kier alpha value is -0.955. The molecule has 3 heteroatoms. The molecule has 1 N–H and O–H groups in total. The first kappa shape index (κ1) is 8.14. The lowest BCUT2D eigenvalue weighted by atomic mass is 10.3. The molecular weight excluding hydrogens is 137 g/mol. The molecule has 2 nitrogen and oxygen atoms in total. The summed E-state index contributed by atoms with van der Waals surface area (Å²) < 4.78 is 5.33. The summed E-state index contributed by atoms with van der Waals surface area (Å²) in [6, 6.07) is 9.53. The maximum atomic E-state index is 5.33. The SMILES string of the molecule is [B]NC(C)Oc1ccccc1. The van der Waals surface area contributed by atoms with E-state index in [1.165, 1.54) is 0 Å². The molecule has 11 heavy (non-hydrogen) atoms. The second-order valence-corrected chi connectivity index (χ2v) is 2.24. The van der Waals surface area contributed by atoms with Crippen molar-refractivity contribution in [3.05, 3.63) is 30.3 Å². The maximum Gasteiger partial charge on any atom is 0.182 e. The smallest absolute Gasteiger partial charge is 0.182 e. The number of hydrogen-bond acceptors (Lipinski definition) is 2. The number of nitrogens with one attached hydrogen (secondary N) is 1. The molecule has 0 aromatic heterocycles. The molecule has 0 aliphatic heterocycles. The minimum atomic E-state index is -0.155.